The van der Waals surface area contributed by atoms with Gasteiger partial charge in [-0.1, -0.05) is 269 Å². The Morgan fingerprint density at radius 1 is 0.214 bits per heavy atom. The summed E-state index contributed by atoms with van der Waals surface area (Å²) >= 11 is 0. The first kappa shape index (κ1) is 41.3. The highest BCUT2D eigenvalue weighted by molar-refractivity contribution is 6.96. The molecule has 0 saturated heterocycles. The summed E-state index contributed by atoms with van der Waals surface area (Å²) in [5.41, 5.74) is 19.2. The standard InChI is InChI=1S/C66H46B2N2/c1-6-24-51(25-7-1)67(52-26-8-2-9-27-52)55-32-20-22-47(43-55)49-42-50(48-23-21-33-56(44-48)68(53-28-10-3-11-29-53)54-30-12-4-13-31-54)46-58(45-49)70-64-39-19-17-37-60(64)62-41-40-61-59-36-16-18-38-63(59)69(65(61)66(62)70)57-34-14-5-15-35-57/h1-46H. The van der Waals surface area contributed by atoms with Crippen molar-refractivity contribution in [1.29, 1.82) is 0 Å². The number of hydrogen-bond acceptors (Lipinski definition) is 0. The third-order valence-electron chi connectivity index (χ3n) is 14.3. The maximum atomic E-state index is 2.54. The van der Waals surface area contributed by atoms with Crippen molar-refractivity contribution in [2.24, 2.45) is 0 Å². The Kier molecular flexibility index (Phi) is 10.4. The van der Waals surface area contributed by atoms with Crippen LogP contribution in [0.2, 0.25) is 0 Å². The minimum Gasteiger partial charge on any atom is -0.307 e. The van der Waals surface area contributed by atoms with Crippen LogP contribution in [0, 0.1) is 0 Å². The molecule has 2 aromatic heterocycles. The van der Waals surface area contributed by atoms with Crippen molar-refractivity contribution in [2.45, 2.75) is 0 Å². The monoisotopic (exact) mass is 888 g/mol. The second kappa shape index (κ2) is 17.7. The van der Waals surface area contributed by atoms with Gasteiger partial charge in [-0.15, -0.1) is 0 Å². The lowest BCUT2D eigenvalue weighted by atomic mass is 9.37. The molecule has 0 bridgehead atoms. The topological polar surface area (TPSA) is 9.86 Å². The molecule has 0 aliphatic rings. The predicted molar refractivity (Wildman–Crippen MR) is 301 cm³/mol. The quantitative estimate of drug-likeness (QED) is 0.121. The maximum absolute atomic E-state index is 2.54. The van der Waals surface area contributed by atoms with Gasteiger partial charge in [0.2, 0.25) is 13.4 Å². The molecule has 13 aromatic rings. The zero-order chi connectivity index (χ0) is 46.4. The van der Waals surface area contributed by atoms with Crippen molar-refractivity contribution in [1.82, 2.24) is 9.13 Å². The molecule has 4 heteroatoms. The summed E-state index contributed by atoms with van der Waals surface area (Å²) in [6.07, 6.45) is 0. The summed E-state index contributed by atoms with van der Waals surface area (Å²) in [5.74, 6) is 0. The first-order valence-electron chi connectivity index (χ1n) is 24.3. The van der Waals surface area contributed by atoms with Gasteiger partial charge in [0.25, 0.3) is 0 Å². The van der Waals surface area contributed by atoms with Crippen LogP contribution in [0.3, 0.4) is 0 Å². The first-order chi connectivity index (χ1) is 34.7. The van der Waals surface area contributed by atoms with Gasteiger partial charge >= 0.3 is 0 Å². The molecule has 0 saturated carbocycles. The lowest BCUT2D eigenvalue weighted by Gasteiger charge is -2.19. The van der Waals surface area contributed by atoms with Gasteiger partial charge in [-0.2, -0.15) is 0 Å². The molecular formula is C66H46B2N2. The molecule has 0 radical (unpaired) electrons. The van der Waals surface area contributed by atoms with E-state index < -0.39 is 0 Å². The second-order valence-electron chi connectivity index (χ2n) is 18.4. The van der Waals surface area contributed by atoms with Crippen molar-refractivity contribution in [3.8, 4) is 33.6 Å². The number of nitrogens with zero attached hydrogens (tertiary/aromatic N) is 2. The molecule has 70 heavy (non-hydrogen) atoms. The third-order valence-corrected chi connectivity index (χ3v) is 14.3. The third kappa shape index (κ3) is 7.25. The van der Waals surface area contributed by atoms with Gasteiger partial charge in [-0.25, -0.2) is 0 Å². The number of benzene rings is 11. The Morgan fingerprint density at radius 3 is 0.971 bits per heavy atom. The fourth-order valence-electron chi connectivity index (χ4n) is 11.2. The molecule has 0 aliphatic carbocycles. The summed E-state index contributed by atoms with van der Waals surface area (Å²) in [7, 11) is 0. The van der Waals surface area contributed by atoms with Gasteiger partial charge < -0.3 is 9.13 Å². The van der Waals surface area contributed by atoms with Crippen molar-refractivity contribution < 1.29 is 0 Å². The average Bonchev–Trinajstić information content (AvgIpc) is 3.96. The molecule has 11 aromatic carbocycles. The summed E-state index contributed by atoms with van der Waals surface area (Å²) in [6, 6.07) is 103. The molecule has 0 fully saturated rings. The number of fused-ring (bicyclic) bond motifs is 7. The largest absolute Gasteiger partial charge is 0.307 e. The Labute approximate surface area is 409 Å². The van der Waals surface area contributed by atoms with E-state index in [-0.39, 0.29) is 13.4 Å². The Hall–Kier alpha value is -8.85. The van der Waals surface area contributed by atoms with Crippen LogP contribution in [0.25, 0.3) is 77.2 Å². The van der Waals surface area contributed by atoms with E-state index in [2.05, 4.69) is 288 Å². The molecule has 326 valence electrons. The second-order valence-corrected chi connectivity index (χ2v) is 18.4. The van der Waals surface area contributed by atoms with E-state index in [0.717, 1.165) is 22.5 Å². The lowest BCUT2D eigenvalue weighted by Crippen LogP contribution is -2.51. The molecule has 0 N–H and O–H groups in total. The van der Waals surface area contributed by atoms with E-state index in [0.29, 0.717) is 0 Å². The molecule has 13 rings (SSSR count). The minimum absolute atomic E-state index is 0.0696. The minimum atomic E-state index is 0.0696. The SMILES string of the molecule is c1ccc(B(c2ccccc2)c2cccc(-c3cc(-c4cccc(B(c5ccccc5)c5ccccc5)c4)cc(-n4c5ccccc5c5ccc6c7ccccc7n(-c7ccccc7)c6c54)c3)c2)cc1. The van der Waals surface area contributed by atoms with Crippen LogP contribution in [-0.2, 0) is 0 Å². The van der Waals surface area contributed by atoms with Gasteiger partial charge in [0, 0.05) is 32.9 Å². The van der Waals surface area contributed by atoms with Gasteiger partial charge in [0.05, 0.1) is 22.1 Å². The average molecular weight is 889 g/mol. The molecule has 2 nitrogen and oxygen atoms in total. The Morgan fingerprint density at radius 2 is 0.557 bits per heavy atom. The van der Waals surface area contributed by atoms with Crippen LogP contribution in [0.4, 0.5) is 0 Å². The summed E-state index contributed by atoms with van der Waals surface area (Å²) in [6.45, 7) is 0.139. The highest BCUT2D eigenvalue weighted by Gasteiger charge is 2.25. The Balaban J connectivity index is 1.09. The van der Waals surface area contributed by atoms with Crippen LogP contribution in [0.5, 0.6) is 0 Å². The van der Waals surface area contributed by atoms with E-state index >= 15 is 0 Å². The van der Waals surface area contributed by atoms with Gasteiger partial charge in [-0.05, 0) is 64.7 Å². The van der Waals surface area contributed by atoms with Crippen LogP contribution in [0.1, 0.15) is 0 Å². The fourth-order valence-corrected chi connectivity index (χ4v) is 11.2. The molecule has 0 aliphatic heterocycles. The molecule has 2 heterocycles. The first-order valence-corrected chi connectivity index (χ1v) is 24.3. The van der Waals surface area contributed by atoms with Gasteiger partial charge in [-0.3, -0.25) is 0 Å². The smallest absolute Gasteiger partial charge is 0.241 e. The van der Waals surface area contributed by atoms with Crippen LogP contribution < -0.4 is 32.8 Å². The molecule has 0 unspecified atom stereocenters. The van der Waals surface area contributed by atoms with E-state index in [1.54, 1.807) is 0 Å². The number of hydrogen-bond donors (Lipinski definition) is 0. The fraction of sp³-hybridized carbons (Fsp3) is 0. The molecule has 0 amide bonds. The summed E-state index contributed by atoms with van der Waals surface area (Å²) < 4.78 is 5.01. The highest BCUT2D eigenvalue weighted by Crippen LogP contribution is 2.42. The zero-order valence-electron chi connectivity index (χ0n) is 38.6. The van der Waals surface area contributed by atoms with Crippen LogP contribution in [-0.4, -0.2) is 22.6 Å². The number of para-hydroxylation sites is 3. The number of rotatable bonds is 10. The van der Waals surface area contributed by atoms with Crippen LogP contribution >= 0.6 is 0 Å². The van der Waals surface area contributed by atoms with E-state index in [9.17, 15) is 0 Å². The zero-order valence-corrected chi connectivity index (χ0v) is 38.6. The maximum Gasteiger partial charge on any atom is 0.241 e. The molecule has 0 spiro atoms. The number of aromatic nitrogens is 2. The van der Waals surface area contributed by atoms with Crippen molar-refractivity contribution >= 4 is 89.8 Å². The van der Waals surface area contributed by atoms with Crippen molar-refractivity contribution in [3.05, 3.63) is 279 Å². The van der Waals surface area contributed by atoms with E-state index in [1.165, 1.54) is 87.5 Å². The Bertz CT molecular complexity index is 3770. The highest BCUT2D eigenvalue weighted by atomic mass is 15.0. The normalized spacial score (nSPS) is 11.4. The van der Waals surface area contributed by atoms with E-state index in [4.69, 9.17) is 0 Å². The van der Waals surface area contributed by atoms with Gasteiger partial charge in [0.15, 0.2) is 0 Å². The lowest BCUT2D eigenvalue weighted by molar-refractivity contribution is 1.15. The van der Waals surface area contributed by atoms with Crippen molar-refractivity contribution in [3.63, 3.8) is 0 Å². The van der Waals surface area contributed by atoms with E-state index in [1.807, 2.05) is 0 Å². The van der Waals surface area contributed by atoms with Gasteiger partial charge in [0.1, 0.15) is 0 Å². The van der Waals surface area contributed by atoms with Crippen molar-refractivity contribution in [2.75, 3.05) is 0 Å². The summed E-state index contributed by atoms with van der Waals surface area (Å²) in [4.78, 5) is 0. The molecular weight excluding hydrogens is 842 g/mol. The molecule has 0 atom stereocenters. The summed E-state index contributed by atoms with van der Waals surface area (Å²) in [5, 5.41) is 4.91. The predicted octanol–water partition coefficient (Wildman–Crippen LogP) is 12.2. The van der Waals surface area contributed by atoms with Crippen LogP contribution in [0.15, 0.2) is 279 Å².